The van der Waals surface area contributed by atoms with Crippen LogP contribution < -0.4 is 0 Å². The van der Waals surface area contributed by atoms with Gasteiger partial charge in [0.1, 0.15) is 0 Å². The Bertz CT molecular complexity index is 306. The van der Waals surface area contributed by atoms with E-state index >= 15 is 0 Å². The highest BCUT2D eigenvalue weighted by Gasteiger charge is 2.14. The molecule has 1 rings (SSSR count). The van der Waals surface area contributed by atoms with Crippen LogP contribution >= 0.6 is 0 Å². The lowest BCUT2D eigenvalue weighted by Crippen LogP contribution is -2.10. The van der Waals surface area contributed by atoms with Gasteiger partial charge in [0.05, 0.1) is 13.0 Å². The minimum absolute atomic E-state index is 0.0856. The summed E-state index contributed by atoms with van der Waals surface area (Å²) < 4.78 is 5.11. The number of hydrogen-bond acceptors (Lipinski definition) is 2. The molecule has 1 aromatic carbocycles. The fraction of sp³-hybridized carbons (Fsp3) is 0.500. The maximum atomic E-state index is 11.5. The minimum atomic E-state index is -0.0856. The van der Waals surface area contributed by atoms with Crippen molar-refractivity contribution in [2.75, 3.05) is 6.61 Å². The zero-order valence-corrected chi connectivity index (χ0v) is 10.1. The zero-order valence-electron chi connectivity index (χ0n) is 10.1. The van der Waals surface area contributed by atoms with Gasteiger partial charge < -0.3 is 4.74 Å². The van der Waals surface area contributed by atoms with Gasteiger partial charge in [-0.05, 0) is 24.3 Å². The second-order valence-electron chi connectivity index (χ2n) is 3.94. The molecule has 16 heavy (non-hydrogen) atoms. The van der Waals surface area contributed by atoms with E-state index in [1.807, 2.05) is 25.1 Å². The average molecular weight is 220 g/mol. The highest BCUT2D eigenvalue weighted by molar-refractivity contribution is 5.70. The molecule has 2 nitrogen and oxygen atoms in total. The Balaban J connectivity index is 2.52. The van der Waals surface area contributed by atoms with Crippen LogP contribution in [0.5, 0.6) is 0 Å². The smallest absolute Gasteiger partial charge is 0.306 e. The molecule has 0 amide bonds. The first-order valence-electron chi connectivity index (χ1n) is 5.98. The van der Waals surface area contributed by atoms with Crippen molar-refractivity contribution in [3.63, 3.8) is 0 Å². The highest BCUT2D eigenvalue weighted by Crippen LogP contribution is 2.23. The molecule has 2 heteroatoms. The molecule has 1 atom stereocenters. The average Bonchev–Trinajstić information content (AvgIpc) is 2.34. The van der Waals surface area contributed by atoms with E-state index in [9.17, 15) is 4.79 Å². The zero-order chi connectivity index (χ0) is 11.8. The SMILES string of the molecule is CCCOC(=O)CC(CC)c1ccccc1. The highest BCUT2D eigenvalue weighted by atomic mass is 16.5. The van der Waals surface area contributed by atoms with E-state index in [2.05, 4.69) is 19.1 Å². The van der Waals surface area contributed by atoms with Gasteiger partial charge in [0.25, 0.3) is 0 Å². The number of rotatable bonds is 6. The number of carbonyl (C=O) groups excluding carboxylic acids is 1. The molecule has 88 valence electrons. The van der Waals surface area contributed by atoms with Crippen LogP contribution in [0.3, 0.4) is 0 Å². The van der Waals surface area contributed by atoms with Gasteiger partial charge in [-0.2, -0.15) is 0 Å². The monoisotopic (exact) mass is 220 g/mol. The summed E-state index contributed by atoms with van der Waals surface area (Å²) in [4.78, 5) is 11.5. The first kappa shape index (κ1) is 12.8. The number of carbonyl (C=O) groups is 1. The molecule has 0 heterocycles. The van der Waals surface area contributed by atoms with Crippen molar-refractivity contribution in [2.24, 2.45) is 0 Å². The molecule has 1 aromatic rings. The first-order valence-corrected chi connectivity index (χ1v) is 5.98. The number of esters is 1. The topological polar surface area (TPSA) is 26.3 Å². The van der Waals surface area contributed by atoms with Crippen molar-refractivity contribution in [3.8, 4) is 0 Å². The summed E-state index contributed by atoms with van der Waals surface area (Å²) in [6.07, 6.45) is 2.33. The summed E-state index contributed by atoms with van der Waals surface area (Å²) in [6.45, 7) is 4.64. The van der Waals surface area contributed by atoms with Crippen molar-refractivity contribution < 1.29 is 9.53 Å². The lowest BCUT2D eigenvalue weighted by molar-refractivity contribution is -0.144. The van der Waals surface area contributed by atoms with Crippen LogP contribution in [-0.4, -0.2) is 12.6 Å². The molecule has 0 N–H and O–H groups in total. The summed E-state index contributed by atoms with van der Waals surface area (Å²) in [7, 11) is 0. The molecule has 1 unspecified atom stereocenters. The fourth-order valence-electron chi connectivity index (χ4n) is 1.70. The Morgan fingerprint density at radius 2 is 1.94 bits per heavy atom. The van der Waals surface area contributed by atoms with E-state index < -0.39 is 0 Å². The molecule has 0 aliphatic carbocycles. The van der Waals surface area contributed by atoms with E-state index in [0.717, 1.165) is 12.8 Å². The normalized spacial score (nSPS) is 12.1. The second kappa shape index (κ2) is 7.04. The number of ether oxygens (including phenoxy) is 1. The molecule has 0 spiro atoms. The Morgan fingerprint density at radius 3 is 2.50 bits per heavy atom. The van der Waals surface area contributed by atoms with Crippen molar-refractivity contribution in [2.45, 2.75) is 39.0 Å². The Kier molecular flexibility index (Phi) is 5.62. The molecule has 0 bridgehead atoms. The van der Waals surface area contributed by atoms with Crippen LogP contribution in [0.4, 0.5) is 0 Å². The minimum Gasteiger partial charge on any atom is -0.466 e. The van der Waals surface area contributed by atoms with Crippen molar-refractivity contribution in [1.29, 1.82) is 0 Å². The quantitative estimate of drug-likeness (QED) is 0.686. The van der Waals surface area contributed by atoms with Crippen molar-refractivity contribution in [1.82, 2.24) is 0 Å². The van der Waals surface area contributed by atoms with E-state index in [4.69, 9.17) is 4.74 Å². The molecular formula is C14H20O2. The fourth-order valence-corrected chi connectivity index (χ4v) is 1.70. The van der Waals surface area contributed by atoms with E-state index in [-0.39, 0.29) is 11.9 Å². The van der Waals surface area contributed by atoms with E-state index in [1.54, 1.807) is 0 Å². The van der Waals surface area contributed by atoms with Crippen LogP contribution in [-0.2, 0) is 9.53 Å². The van der Waals surface area contributed by atoms with Gasteiger partial charge in [0.2, 0.25) is 0 Å². The predicted octanol–water partition coefficient (Wildman–Crippen LogP) is 3.52. The van der Waals surface area contributed by atoms with Gasteiger partial charge in [-0.15, -0.1) is 0 Å². The first-order chi connectivity index (χ1) is 7.77. The Labute approximate surface area is 97.6 Å². The van der Waals surface area contributed by atoms with Gasteiger partial charge in [-0.1, -0.05) is 44.2 Å². The summed E-state index contributed by atoms with van der Waals surface area (Å²) in [6, 6.07) is 10.2. The van der Waals surface area contributed by atoms with Gasteiger partial charge in [-0.25, -0.2) is 0 Å². The van der Waals surface area contributed by atoms with Gasteiger partial charge in [-0.3, -0.25) is 4.79 Å². The third kappa shape index (κ3) is 4.05. The molecular weight excluding hydrogens is 200 g/mol. The van der Waals surface area contributed by atoms with Gasteiger partial charge in [0, 0.05) is 0 Å². The molecule has 0 aromatic heterocycles. The molecule has 0 aliphatic rings. The number of hydrogen-bond donors (Lipinski definition) is 0. The summed E-state index contributed by atoms with van der Waals surface area (Å²) in [5.74, 6) is 0.197. The predicted molar refractivity (Wildman–Crippen MR) is 65.3 cm³/mol. The Morgan fingerprint density at radius 1 is 1.25 bits per heavy atom. The lowest BCUT2D eigenvalue weighted by atomic mass is 9.93. The maximum Gasteiger partial charge on any atom is 0.306 e. The lowest BCUT2D eigenvalue weighted by Gasteiger charge is -2.14. The third-order valence-electron chi connectivity index (χ3n) is 2.64. The summed E-state index contributed by atoms with van der Waals surface area (Å²) >= 11 is 0. The maximum absolute atomic E-state index is 11.5. The summed E-state index contributed by atoms with van der Waals surface area (Å²) in [5.41, 5.74) is 1.22. The van der Waals surface area contributed by atoms with Crippen LogP contribution in [0.1, 0.15) is 44.6 Å². The molecule has 0 saturated heterocycles. The molecule has 0 aliphatic heterocycles. The van der Waals surface area contributed by atoms with E-state index in [1.165, 1.54) is 5.56 Å². The standard InChI is InChI=1S/C14H20O2/c1-3-10-16-14(15)11-12(4-2)13-8-6-5-7-9-13/h5-9,12H,3-4,10-11H2,1-2H3. The molecule has 0 radical (unpaired) electrons. The van der Waals surface area contributed by atoms with Crippen LogP contribution in [0.25, 0.3) is 0 Å². The van der Waals surface area contributed by atoms with Crippen molar-refractivity contribution >= 4 is 5.97 Å². The van der Waals surface area contributed by atoms with Crippen LogP contribution in [0.15, 0.2) is 30.3 Å². The van der Waals surface area contributed by atoms with Gasteiger partial charge >= 0.3 is 5.97 Å². The van der Waals surface area contributed by atoms with Crippen molar-refractivity contribution in [3.05, 3.63) is 35.9 Å². The van der Waals surface area contributed by atoms with Crippen LogP contribution in [0.2, 0.25) is 0 Å². The van der Waals surface area contributed by atoms with Crippen LogP contribution in [0, 0.1) is 0 Å². The van der Waals surface area contributed by atoms with Gasteiger partial charge in [0.15, 0.2) is 0 Å². The third-order valence-corrected chi connectivity index (χ3v) is 2.64. The molecule has 0 fully saturated rings. The largest absolute Gasteiger partial charge is 0.466 e. The summed E-state index contributed by atoms with van der Waals surface area (Å²) in [5, 5.41) is 0. The second-order valence-corrected chi connectivity index (χ2v) is 3.94. The molecule has 0 saturated carbocycles. The Hall–Kier alpha value is -1.31. The number of benzene rings is 1. The van der Waals surface area contributed by atoms with E-state index in [0.29, 0.717) is 13.0 Å².